The average molecular weight is 347 g/mol. The van der Waals surface area contributed by atoms with Crippen LogP contribution in [0.4, 0.5) is 10.1 Å². The molecule has 0 aliphatic carbocycles. The third kappa shape index (κ3) is 5.19. The largest absolute Gasteiger partial charge is 0.497 e. The zero-order valence-corrected chi connectivity index (χ0v) is 15.0. The molecule has 1 amide bonds. The molecule has 1 atom stereocenters. The second-order valence-electron chi connectivity index (χ2n) is 6.00. The quantitative estimate of drug-likeness (QED) is 0.803. The van der Waals surface area contributed by atoms with Crippen molar-refractivity contribution in [3.8, 4) is 11.5 Å². The Bertz CT molecular complexity index is 749. The molecule has 134 valence electrons. The minimum Gasteiger partial charge on any atom is -0.497 e. The number of benzene rings is 2. The minimum absolute atomic E-state index is 0.173. The number of quaternary nitrogens is 1. The predicted octanol–water partition coefficient (Wildman–Crippen LogP) is 1.80. The van der Waals surface area contributed by atoms with Crippen molar-refractivity contribution in [3.05, 3.63) is 53.3 Å². The first-order chi connectivity index (χ1) is 11.9. The van der Waals surface area contributed by atoms with Gasteiger partial charge >= 0.3 is 0 Å². The van der Waals surface area contributed by atoms with Gasteiger partial charge in [-0.1, -0.05) is 6.07 Å². The number of hydrogen-bond donors (Lipinski definition) is 2. The summed E-state index contributed by atoms with van der Waals surface area (Å²) in [6.07, 6.45) is 0. The summed E-state index contributed by atoms with van der Waals surface area (Å²) in [4.78, 5) is 13.1. The van der Waals surface area contributed by atoms with Crippen LogP contribution < -0.4 is 19.7 Å². The zero-order chi connectivity index (χ0) is 18.4. The lowest BCUT2D eigenvalue weighted by atomic mass is 10.1. The van der Waals surface area contributed by atoms with Crippen LogP contribution in [0.3, 0.4) is 0 Å². The van der Waals surface area contributed by atoms with Gasteiger partial charge in [0.25, 0.3) is 5.91 Å². The third-order valence-corrected chi connectivity index (χ3v) is 3.90. The summed E-state index contributed by atoms with van der Waals surface area (Å²) in [5.74, 6) is 0.937. The number of carbonyl (C=O) groups excluding carboxylic acids is 1. The number of ether oxygens (including phenoxy) is 2. The van der Waals surface area contributed by atoms with Crippen molar-refractivity contribution in [2.24, 2.45) is 0 Å². The number of likely N-dealkylation sites (N-methyl/N-ethyl adjacent to an activating group) is 1. The Morgan fingerprint density at radius 3 is 2.56 bits per heavy atom. The topological polar surface area (TPSA) is 52.0 Å². The molecule has 0 fully saturated rings. The van der Waals surface area contributed by atoms with Gasteiger partial charge < -0.3 is 19.7 Å². The Morgan fingerprint density at radius 1 is 1.16 bits per heavy atom. The van der Waals surface area contributed by atoms with Crippen LogP contribution in [0.2, 0.25) is 0 Å². The van der Waals surface area contributed by atoms with E-state index in [1.165, 1.54) is 6.07 Å². The van der Waals surface area contributed by atoms with E-state index in [4.69, 9.17) is 9.47 Å². The minimum atomic E-state index is -0.332. The molecule has 0 aliphatic heterocycles. The van der Waals surface area contributed by atoms with E-state index in [0.717, 1.165) is 22.0 Å². The van der Waals surface area contributed by atoms with E-state index in [9.17, 15) is 9.18 Å². The summed E-state index contributed by atoms with van der Waals surface area (Å²) in [5, 5.41) is 2.72. The van der Waals surface area contributed by atoms with Crippen molar-refractivity contribution >= 4 is 11.6 Å². The molecule has 25 heavy (non-hydrogen) atoms. The van der Waals surface area contributed by atoms with E-state index in [1.807, 2.05) is 25.2 Å². The fourth-order valence-electron chi connectivity index (χ4n) is 2.54. The molecule has 5 nitrogen and oxygen atoms in total. The molecule has 1 unspecified atom stereocenters. The van der Waals surface area contributed by atoms with Gasteiger partial charge in [0.05, 0.1) is 21.3 Å². The number of rotatable bonds is 7. The van der Waals surface area contributed by atoms with Crippen molar-refractivity contribution in [3.63, 3.8) is 0 Å². The van der Waals surface area contributed by atoms with E-state index in [-0.39, 0.29) is 18.3 Å². The lowest BCUT2D eigenvalue weighted by molar-refractivity contribution is -0.885. The fraction of sp³-hybridized carbons (Fsp3) is 0.316. The van der Waals surface area contributed by atoms with Crippen LogP contribution in [0.15, 0.2) is 36.4 Å². The normalized spacial score (nSPS) is 11.7. The summed E-state index contributed by atoms with van der Waals surface area (Å²) < 4.78 is 24.1. The standard InChI is InChI=1S/C19H23FN2O3/c1-13-5-7-15(9-17(13)20)21-19(23)12-22(2)11-14-6-8-16(24-3)10-18(14)25-4/h5-10H,11-12H2,1-4H3,(H,21,23)/p+1. The fourth-order valence-corrected chi connectivity index (χ4v) is 2.54. The summed E-state index contributed by atoms with van der Waals surface area (Å²) in [5.41, 5.74) is 1.99. The highest BCUT2D eigenvalue weighted by Gasteiger charge is 2.14. The summed E-state index contributed by atoms with van der Waals surface area (Å²) in [6.45, 7) is 2.55. The molecule has 0 spiro atoms. The Morgan fingerprint density at radius 2 is 1.92 bits per heavy atom. The maximum Gasteiger partial charge on any atom is 0.279 e. The van der Waals surface area contributed by atoms with Gasteiger partial charge in [0.15, 0.2) is 6.54 Å². The molecule has 2 aromatic carbocycles. The molecule has 2 rings (SSSR count). The molecule has 2 aromatic rings. The zero-order valence-electron chi connectivity index (χ0n) is 15.0. The van der Waals surface area contributed by atoms with Crippen LogP contribution in [0, 0.1) is 12.7 Å². The number of carbonyl (C=O) groups is 1. The SMILES string of the molecule is COc1ccc(C[NH+](C)CC(=O)Nc2ccc(C)c(F)c2)c(OC)c1. The summed E-state index contributed by atoms with van der Waals surface area (Å²) in [7, 11) is 5.12. The first-order valence-electron chi connectivity index (χ1n) is 8.01. The van der Waals surface area contributed by atoms with E-state index >= 15 is 0 Å². The number of amides is 1. The third-order valence-electron chi connectivity index (χ3n) is 3.90. The molecule has 0 saturated carbocycles. The predicted molar refractivity (Wildman–Crippen MR) is 94.8 cm³/mol. The van der Waals surface area contributed by atoms with E-state index in [1.54, 1.807) is 33.3 Å². The molecule has 0 bridgehead atoms. The van der Waals surface area contributed by atoms with Gasteiger partial charge in [-0.25, -0.2) is 4.39 Å². The van der Waals surface area contributed by atoms with Crippen LogP contribution in [0.1, 0.15) is 11.1 Å². The molecule has 0 radical (unpaired) electrons. The van der Waals surface area contributed by atoms with Crippen molar-refractivity contribution in [2.45, 2.75) is 13.5 Å². The summed E-state index contributed by atoms with van der Waals surface area (Å²) >= 11 is 0. The molecular weight excluding hydrogens is 323 g/mol. The van der Waals surface area contributed by atoms with Gasteiger partial charge in [-0.3, -0.25) is 4.79 Å². The number of anilines is 1. The first-order valence-corrected chi connectivity index (χ1v) is 8.01. The Balaban J connectivity index is 1.96. The lowest BCUT2D eigenvalue weighted by Gasteiger charge is -2.16. The van der Waals surface area contributed by atoms with Gasteiger partial charge in [-0.15, -0.1) is 0 Å². The monoisotopic (exact) mass is 347 g/mol. The van der Waals surface area contributed by atoms with Gasteiger partial charge in [-0.05, 0) is 36.8 Å². The number of nitrogens with one attached hydrogen (secondary N) is 2. The highest BCUT2D eigenvalue weighted by molar-refractivity contribution is 5.91. The second kappa shape index (κ2) is 8.48. The number of aryl methyl sites for hydroxylation is 1. The second-order valence-corrected chi connectivity index (χ2v) is 6.00. The van der Waals surface area contributed by atoms with Crippen molar-refractivity contribution in [1.29, 1.82) is 0 Å². The molecule has 2 N–H and O–H groups in total. The molecule has 6 heteroatoms. The van der Waals surface area contributed by atoms with E-state index in [0.29, 0.717) is 17.8 Å². The molecule has 0 aliphatic rings. The van der Waals surface area contributed by atoms with Crippen LogP contribution in [-0.2, 0) is 11.3 Å². The molecule has 0 saturated heterocycles. The maximum atomic E-state index is 13.5. The average Bonchev–Trinajstić information content (AvgIpc) is 2.58. The molecule has 0 aromatic heterocycles. The van der Waals surface area contributed by atoms with Crippen LogP contribution in [0.5, 0.6) is 11.5 Å². The van der Waals surface area contributed by atoms with E-state index < -0.39 is 0 Å². The van der Waals surface area contributed by atoms with Crippen molar-refractivity contribution in [1.82, 2.24) is 0 Å². The Labute approximate surface area is 147 Å². The molecular formula is C19H24FN2O3+. The van der Waals surface area contributed by atoms with Crippen molar-refractivity contribution < 1.29 is 23.6 Å². The number of halogens is 1. The van der Waals surface area contributed by atoms with Gasteiger partial charge in [-0.2, -0.15) is 0 Å². The van der Waals surface area contributed by atoms with Gasteiger partial charge in [0.2, 0.25) is 0 Å². The smallest absolute Gasteiger partial charge is 0.279 e. The van der Waals surface area contributed by atoms with Crippen LogP contribution in [-0.4, -0.2) is 33.7 Å². The van der Waals surface area contributed by atoms with Crippen LogP contribution >= 0.6 is 0 Å². The highest BCUT2D eigenvalue weighted by Crippen LogP contribution is 2.23. The summed E-state index contributed by atoms with van der Waals surface area (Å²) in [6, 6.07) is 10.3. The lowest BCUT2D eigenvalue weighted by Crippen LogP contribution is -3.08. The van der Waals surface area contributed by atoms with Crippen molar-refractivity contribution in [2.75, 3.05) is 33.1 Å². The van der Waals surface area contributed by atoms with Gasteiger partial charge in [0, 0.05) is 17.3 Å². The van der Waals surface area contributed by atoms with E-state index in [2.05, 4.69) is 5.32 Å². The number of methoxy groups -OCH3 is 2. The Kier molecular flexibility index (Phi) is 6.36. The first kappa shape index (κ1) is 18.7. The van der Waals surface area contributed by atoms with Crippen LogP contribution in [0.25, 0.3) is 0 Å². The van der Waals surface area contributed by atoms with Gasteiger partial charge in [0.1, 0.15) is 23.9 Å². The number of hydrogen-bond acceptors (Lipinski definition) is 3. The maximum absolute atomic E-state index is 13.5. The highest BCUT2D eigenvalue weighted by atomic mass is 19.1. The Hall–Kier alpha value is -2.60. The molecule has 0 heterocycles.